The van der Waals surface area contributed by atoms with E-state index in [4.69, 9.17) is 4.74 Å². The first-order valence-electron chi connectivity index (χ1n) is 13.3. The van der Waals surface area contributed by atoms with E-state index >= 15 is 0 Å². The Balaban J connectivity index is 1.26. The Hall–Kier alpha value is -2.09. The largest absolute Gasteiger partial charge is 0.504 e. The van der Waals surface area contributed by atoms with Crippen molar-refractivity contribution in [2.75, 3.05) is 20.1 Å². The third-order valence-electron chi connectivity index (χ3n) is 9.89. The van der Waals surface area contributed by atoms with Gasteiger partial charge >= 0.3 is 0 Å². The molecule has 6 nitrogen and oxygen atoms in total. The average molecular weight is 553 g/mol. The lowest BCUT2D eigenvalue weighted by Gasteiger charge is -2.64. The van der Waals surface area contributed by atoms with Crippen LogP contribution in [0.1, 0.15) is 48.8 Å². The van der Waals surface area contributed by atoms with Gasteiger partial charge in [0.2, 0.25) is 5.91 Å². The number of piperidine rings is 1. The van der Waals surface area contributed by atoms with Gasteiger partial charge in [0.15, 0.2) is 11.5 Å². The molecule has 190 valence electrons. The minimum atomic E-state index is -0.928. The molecule has 5 aliphatic rings. The summed E-state index contributed by atoms with van der Waals surface area (Å²) in [6, 6.07) is 11.5. The third-order valence-corrected chi connectivity index (χ3v) is 10.4. The van der Waals surface area contributed by atoms with Crippen LogP contribution < -0.4 is 4.74 Å². The molecule has 3 aliphatic carbocycles. The van der Waals surface area contributed by atoms with Crippen molar-refractivity contribution in [3.8, 4) is 11.5 Å². The van der Waals surface area contributed by atoms with Crippen LogP contribution in [0.3, 0.4) is 0 Å². The summed E-state index contributed by atoms with van der Waals surface area (Å²) in [7, 11) is 1.88. The summed E-state index contributed by atoms with van der Waals surface area (Å²) in [6.07, 6.45) is 5.42. The SMILES string of the molecule is CN(C(=O)Cc1ccc(Br)cc1)C1CC[C@@]2(O)[C@H]3Cc4ccc(O)c5c4[C@@]2(CCN3CC2CC2)C1O5. The number of aliphatic hydroxyl groups is 1. The van der Waals surface area contributed by atoms with Crippen LogP contribution in [0.15, 0.2) is 40.9 Å². The monoisotopic (exact) mass is 552 g/mol. The van der Waals surface area contributed by atoms with Gasteiger partial charge in [-0.15, -0.1) is 0 Å². The normalized spacial score (nSPS) is 34.1. The number of phenolic OH excluding ortho intramolecular Hbond substituents is 1. The number of likely N-dealkylation sites (N-methyl/N-ethyl adjacent to an activating group) is 1. The lowest BCUT2D eigenvalue weighted by molar-refractivity contribution is -0.200. The molecule has 2 heterocycles. The van der Waals surface area contributed by atoms with E-state index in [2.05, 4.69) is 20.8 Å². The fourth-order valence-electron chi connectivity index (χ4n) is 7.94. The van der Waals surface area contributed by atoms with Crippen LogP contribution >= 0.6 is 15.9 Å². The molecule has 1 amide bonds. The lowest BCUT2D eigenvalue weighted by atomic mass is 9.48. The molecular formula is C29H33BrN2O4. The molecule has 1 saturated heterocycles. The second-order valence-corrected chi connectivity index (χ2v) is 12.6. The summed E-state index contributed by atoms with van der Waals surface area (Å²) in [4.78, 5) is 17.8. The average Bonchev–Trinajstić information content (AvgIpc) is 3.60. The molecule has 2 aromatic rings. The maximum Gasteiger partial charge on any atom is 0.227 e. The molecule has 2 bridgehead atoms. The molecule has 7 heteroatoms. The number of likely N-dealkylation sites (tertiary alicyclic amines) is 1. The minimum Gasteiger partial charge on any atom is -0.504 e. The van der Waals surface area contributed by atoms with E-state index in [9.17, 15) is 15.0 Å². The number of aromatic hydroxyl groups is 1. The quantitative estimate of drug-likeness (QED) is 0.590. The summed E-state index contributed by atoms with van der Waals surface area (Å²) >= 11 is 3.46. The molecule has 5 atom stereocenters. The zero-order chi connectivity index (χ0) is 24.8. The molecule has 0 radical (unpaired) electrons. The number of ether oxygens (including phenoxy) is 1. The van der Waals surface area contributed by atoms with E-state index in [1.54, 1.807) is 6.07 Å². The summed E-state index contributed by atoms with van der Waals surface area (Å²) in [5, 5.41) is 23.4. The highest BCUT2D eigenvalue weighted by molar-refractivity contribution is 9.10. The van der Waals surface area contributed by atoms with Crippen LogP contribution in [0.5, 0.6) is 11.5 Å². The van der Waals surface area contributed by atoms with Gasteiger partial charge in [-0.1, -0.05) is 34.1 Å². The second kappa shape index (κ2) is 7.95. The summed E-state index contributed by atoms with van der Waals surface area (Å²) in [5.41, 5.74) is 1.64. The van der Waals surface area contributed by atoms with Crippen molar-refractivity contribution in [1.29, 1.82) is 0 Å². The predicted molar refractivity (Wildman–Crippen MR) is 139 cm³/mol. The van der Waals surface area contributed by atoms with E-state index in [-0.39, 0.29) is 29.8 Å². The Morgan fingerprint density at radius 1 is 1.17 bits per heavy atom. The molecule has 2 N–H and O–H groups in total. The number of phenols is 1. The van der Waals surface area contributed by atoms with Crippen molar-refractivity contribution < 1.29 is 19.7 Å². The zero-order valence-corrected chi connectivity index (χ0v) is 22.2. The summed E-state index contributed by atoms with van der Waals surface area (Å²) in [5.74, 6) is 1.48. The number of hydrogen-bond donors (Lipinski definition) is 2. The number of carbonyl (C=O) groups excluding carboxylic acids is 1. The van der Waals surface area contributed by atoms with Crippen molar-refractivity contribution in [2.24, 2.45) is 5.92 Å². The van der Waals surface area contributed by atoms with Gasteiger partial charge in [-0.25, -0.2) is 0 Å². The Morgan fingerprint density at radius 2 is 1.94 bits per heavy atom. The Kier molecular flexibility index (Phi) is 5.09. The first-order valence-corrected chi connectivity index (χ1v) is 14.1. The highest BCUT2D eigenvalue weighted by Crippen LogP contribution is 2.66. The van der Waals surface area contributed by atoms with Crippen LogP contribution in [0.25, 0.3) is 0 Å². The number of nitrogens with zero attached hydrogens (tertiary/aromatic N) is 2. The highest BCUT2D eigenvalue weighted by Gasteiger charge is 2.73. The Bertz CT molecular complexity index is 1230. The zero-order valence-electron chi connectivity index (χ0n) is 20.6. The van der Waals surface area contributed by atoms with Gasteiger partial charge in [-0.05, 0) is 80.3 Å². The van der Waals surface area contributed by atoms with Gasteiger partial charge in [0, 0.05) is 29.7 Å². The summed E-state index contributed by atoms with van der Waals surface area (Å²) < 4.78 is 7.62. The number of carbonyl (C=O) groups is 1. The van der Waals surface area contributed by atoms with E-state index in [0.717, 1.165) is 47.4 Å². The standard InChI is InChI=1S/C29H33BrN2O4/c1-31(24(34)14-17-4-7-20(30)8-5-17)21-10-11-29(35)23-15-19-6-9-22(33)26-25(19)28(29,27(21)36-26)12-13-32(23)16-18-2-3-18/h4-9,18,21,23,27,33,35H,2-3,10-16H2,1H3/t21?,23-,27?,28+,29-/m1/s1. The van der Waals surface area contributed by atoms with Gasteiger partial charge in [-0.2, -0.15) is 0 Å². The van der Waals surface area contributed by atoms with Crippen molar-refractivity contribution in [1.82, 2.24) is 9.80 Å². The van der Waals surface area contributed by atoms with Crippen LogP contribution in [-0.4, -0.2) is 69.8 Å². The number of amides is 1. The van der Waals surface area contributed by atoms with Crippen molar-refractivity contribution >= 4 is 21.8 Å². The molecule has 2 aliphatic heterocycles. The number of rotatable bonds is 5. The number of benzene rings is 2. The fourth-order valence-corrected chi connectivity index (χ4v) is 8.20. The third kappa shape index (κ3) is 3.12. The molecule has 7 rings (SSSR count). The predicted octanol–water partition coefficient (Wildman–Crippen LogP) is 3.79. The lowest BCUT2D eigenvalue weighted by Crippen LogP contribution is -2.78. The molecular weight excluding hydrogens is 520 g/mol. The molecule has 3 fully saturated rings. The number of halogens is 1. The van der Waals surface area contributed by atoms with Crippen molar-refractivity contribution in [2.45, 2.75) is 74.1 Å². The highest BCUT2D eigenvalue weighted by atomic mass is 79.9. The van der Waals surface area contributed by atoms with Crippen LogP contribution in [-0.2, 0) is 23.1 Å². The van der Waals surface area contributed by atoms with Crippen LogP contribution in [0, 0.1) is 5.92 Å². The van der Waals surface area contributed by atoms with E-state index < -0.39 is 11.0 Å². The van der Waals surface area contributed by atoms with E-state index in [0.29, 0.717) is 25.0 Å². The molecule has 2 unspecified atom stereocenters. The fraction of sp³-hybridized carbons (Fsp3) is 0.552. The van der Waals surface area contributed by atoms with Gasteiger partial charge in [0.1, 0.15) is 6.10 Å². The smallest absolute Gasteiger partial charge is 0.227 e. The van der Waals surface area contributed by atoms with Gasteiger partial charge in [-0.3, -0.25) is 9.69 Å². The van der Waals surface area contributed by atoms with Crippen LogP contribution in [0.2, 0.25) is 0 Å². The van der Waals surface area contributed by atoms with E-state index in [1.165, 1.54) is 18.4 Å². The maximum absolute atomic E-state index is 13.5. The second-order valence-electron chi connectivity index (χ2n) is 11.7. The van der Waals surface area contributed by atoms with Crippen molar-refractivity contribution in [3.63, 3.8) is 0 Å². The van der Waals surface area contributed by atoms with Crippen LogP contribution in [0.4, 0.5) is 0 Å². The molecule has 1 spiro atoms. The van der Waals surface area contributed by atoms with Gasteiger partial charge in [0.05, 0.1) is 23.5 Å². The Labute approximate surface area is 220 Å². The van der Waals surface area contributed by atoms with E-state index in [1.807, 2.05) is 42.3 Å². The molecule has 0 aromatic heterocycles. The topological polar surface area (TPSA) is 73.2 Å². The number of hydrogen-bond acceptors (Lipinski definition) is 5. The molecule has 2 saturated carbocycles. The van der Waals surface area contributed by atoms with Gasteiger partial charge in [0.25, 0.3) is 0 Å². The first-order chi connectivity index (χ1) is 17.3. The first kappa shape index (κ1) is 23.1. The summed E-state index contributed by atoms with van der Waals surface area (Å²) in [6.45, 7) is 1.98. The molecule has 36 heavy (non-hydrogen) atoms. The van der Waals surface area contributed by atoms with Gasteiger partial charge < -0.3 is 19.8 Å². The minimum absolute atomic E-state index is 0.0469. The maximum atomic E-state index is 13.5. The Morgan fingerprint density at radius 3 is 2.69 bits per heavy atom. The molecule has 2 aromatic carbocycles. The van der Waals surface area contributed by atoms with Crippen molar-refractivity contribution in [3.05, 3.63) is 57.6 Å².